The van der Waals surface area contributed by atoms with Crippen LogP contribution in [0.5, 0.6) is 0 Å². The van der Waals surface area contributed by atoms with Crippen molar-refractivity contribution in [3.05, 3.63) is 65.7 Å². The summed E-state index contributed by atoms with van der Waals surface area (Å²) < 4.78 is 7.57. The number of nitrogens with one attached hydrogen (secondary N) is 4. The van der Waals surface area contributed by atoms with Crippen LogP contribution in [0.25, 0.3) is 0 Å². The van der Waals surface area contributed by atoms with Gasteiger partial charge in [-0.2, -0.15) is 0 Å². The maximum atomic E-state index is 12.1. The van der Waals surface area contributed by atoms with Gasteiger partial charge in [0, 0.05) is 50.0 Å². The number of carbonyl (C=O) groups is 2. The van der Waals surface area contributed by atoms with Crippen LogP contribution in [0, 0.1) is 0 Å². The van der Waals surface area contributed by atoms with Gasteiger partial charge in [0.05, 0.1) is 12.7 Å². The number of hydrogen-bond acceptors (Lipinski definition) is 9. The highest BCUT2D eigenvalue weighted by atomic mass is 16.5. The lowest BCUT2D eigenvalue weighted by Crippen LogP contribution is -2.39. The summed E-state index contributed by atoms with van der Waals surface area (Å²) >= 11 is 0. The lowest BCUT2D eigenvalue weighted by atomic mass is 10.1. The molecule has 0 unspecified atom stereocenters. The Morgan fingerprint density at radius 3 is 2.46 bits per heavy atom. The highest BCUT2D eigenvalue weighted by molar-refractivity contribution is 5.77. The molecule has 35 heavy (non-hydrogen) atoms. The van der Waals surface area contributed by atoms with Crippen molar-refractivity contribution in [1.29, 1.82) is 0 Å². The van der Waals surface area contributed by atoms with Crippen LogP contribution in [-0.4, -0.2) is 73.0 Å². The number of rotatable bonds is 10. The molecule has 2 aromatic heterocycles. The lowest BCUT2D eigenvalue weighted by molar-refractivity contribution is -0.123. The summed E-state index contributed by atoms with van der Waals surface area (Å²) in [6, 6.07) is 1.11. The molecule has 1 fully saturated rings. The standard InChI is InChI=1S/C20H26N6O9/c27-10-13-12(28)7-17(35-13)26-8-11(18(32)24-20(26)34)1-2-14(29)21-4-5-22-16(31)9-25-6-3-15(30)23-19(25)33/h3,6,8,12-13,17,27-28H,1-2,4-5,7,9-10H2,(H,21,29)(H,22,31)(H,23,30,33)(H,24,32,34)/t12-,13+,17+/m0/s1. The van der Waals surface area contributed by atoms with E-state index in [1.807, 2.05) is 4.98 Å². The second-order valence-electron chi connectivity index (χ2n) is 7.87. The van der Waals surface area contributed by atoms with E-state index in [1.165, 1.54) is 12.4 Å². The van der Waals surface area contributed by atoms with E-state index in [0.29, 0.717) is 0 Å². The van der Waals surface area contributed by atoms with E-state index in [0.717, 1.165) is 15.2 Å². The lowest BCUT2D eigenvalue weighted by Gasteiger charge is -2.15. The van der Waals surface area contributed by atoms with Crippen molar-refractivity contribution in [2.24, 2.45) is 0 Å². The van der Waals surface area contributed by atoms with Crippen LogP contribution in [0.15, 0.2) is 37.6 Å². The van der Waals surface area contributed by atoms with Gasteiger partial charge in [0.25, 0.3) is 11.1 Å². The molecule has 1 aliphatic rings. The largest absolute Gasteiger partial charge is 0.394 e. The first-order valence-electron chi connectivity index (χ1n) is 10.8. The van der Waals surface area contributed by atoms with Gasteiger partial charge in [0.2, 0.25) is 11.8 Å². The molecule has 0 bridgehead atoms. The summed E-state index contributed by atoms with van der Waals surface area (Å²) in [5.74, 6) is -0.897. The Bertz CT molecular complexity index is 1290. The number of carbonyl (C=O) groups excluding carboxylic acids is 2. The number of nitrogens with zero attached hydrogens (tertiary/aromatic N) is 2. The second-order valence-corrected chi connectivity index (χ2v) is 7.87. The van der Waals surface area contributed by atoms with E-state index >= 15 is 0 Å². The molecule has 0 radical (unpaired) electrons. The molecule has 190 valence electrons. The van der Waals surface area contributed by atoms with E-state index in [-0.39, 0.29) is 44.5 Å². The van der Waals surface area contributed by atoms with E-state index in [2.05, 4.69) is 15.6 Å². The van der Waals surface area contributed by atoms with Gasteiger partial charge in [-0.25, -0.2) is 9.59 Å². The zero-order valence-corrected chi connectivity index (χ0v) is 18.6. The molecule has 1 saturated heterocycles. The van der Waals surface area contributed by atoms with Crippen LogP contribution in [0.2, 0.25) is 0 Å². The van der Waals surface area contributed by atoms with Crippen molar-refractivity contribution in [2.45, 2.75) is 44.2 Å². The molecule has 0 aromatic carbocycles. The molecular weight excluding hydrogens is 468 g/mol. The Balaban J connectivity index is 1.45. The van der Waals surface area contributed by atoms with E-state index in [4.69, 9.17) is 4.74 Å². The fraction of sp³-hybridized carbons (Fsp3) is 0.500. The van der Waals surface area contributed by atoms with Gasteiger partial charge in [0.15, 0.2) is 0 Å². The number of hydrogen-bond donors (Lipinski definition) is 6. The maximum absolute atomic E-state index is 12.1. The predicted octanol–water partition coefficient (Wildman–Crippen LogP) is -4.11. The van der Waals surface area contributed by atoms with Gasteiger partial charge in [-0.1, -0.05) is 0 Å². The van der Waals surface area contributed by atoms with Crippen LogP contribution in [0.1, 0.15) is 24.6 Å². The molecule has 3 rings (SSSR count). The Morgan fingerprint density at radius 2 is 1.80 bits per heavy atom. The Morgan fingerprint density at radius 1 is 1.09 bits per heavy atom. The number of aromatic nitrogens is 4. The van der Waals surface area contributed by atoms with Gasteiger partial charge in [-0.15, -0.1) is 0 Å². The molecule has 1 aliphatic heterocycles. The van der Waals surface area contributed by atoms with Gasteiger partial charge >= 0.3 is 11.4 Å². The van der Waals surface area contributed by atoms with Crippen molar-refractivity contribution in [3.8, 4) is 0 Å². The van der Waals surface area contributed by atoms with Gasteiger partial charge < -0.3 is 25.6 Å². The van der Waals surface area contributed by atoms with Crippen molar-refractivity contribution >= 4 is 11.8 Å². The quantitative estimate of drug-likeness (QED) is 0.177. The first-order chi connectivity index (χ1) is 16.7. The summed E-state index contributed by atoms with van der Waals surface area (Å²) in [5.41, 5.74) is -2.52. The zero-order chi connectivity index (χ0) is 25.5. The molecule has 2 amide bonds. The number of H-pyrrole nitrogens is 2. The third kappa shape index (κ3) is 6.84. The number of aliphatic hydroxyl groups excluding tert-OH is 2. The van der Waals surface area contributed by atoms with Gasteiger partial charge in [-0.05, 0) is 6.42 Å². The highest BCUT2D eigenvalue weighted by Gasteiger charge is 2.35. The molecule has 15 nitrogen and oxygen atoms in total. The molecule has 0 aliphatic carbocycles. The third-order valence-electron chi connectivity index (χ3n) is 5.34. The summed E-state index contributed by atoms with van der Waals surface area (Å²) in [7, 11) is 0. The average molecular weight is 494 g/mol. The van der Waals surface area contributed by atoms with Crippen LogP contribution in [0.3, 0.4) is 0 Å². The minimum absolute atomic E-state index is 0.0155. The fourth-order valence-electron chi connectivity index (χ4n) is 3.49. The summed E-state index contributed by atoms with van der Waals surface area (Å²) in [5, 5.41) is 24.2. The van der Waals surface area contributed by atoms with Gasteiger partial charge in [0.1, 0.15) is 18.9 Å². The summed E-state index contributed by atoms with van der Waals surface area (Å²) in [4.78, 5) is 75.0. The van der Waals surface area contributed by atoms with Crippen molar-refractivity contribution in [3.63, 3.8) is 0 Å². The molecule has 15 heteroatoms. The highest BCUT2D eigenvalue weighted by Crippen LogP contribution is 2.27. The first-order valence-corrected chi connectivity index (χ1v) is 10.8. The van der Waals surface area contributed by atoms with E-state index in [1.54, 1.807) is 0 Å². The molecule has 6 N–H and O–H groups in total. The van der Waals surface area contributed by atoms with Crippen LogP contribution in [0.4, 0.5) is 0 Å². The second kappa shape index (κ2) is 11.5. The van der Waals surface area contributed by atoms with Crippen LogP contribution >= 0.6 is 0 Å². The van der Waals surface area contributed by atoms with Gasteiger partial charge in [-0.3, -0.25) is 38.3 Å². The zero-order valence-electron chi connectivity index (χ0n) is 18.6. The summed E-state index contributed by atoms with van der Waals surface area (Å²) in [6.07, 6.45) is -0.210. The summed E-state index contributed by atoms with van der Waals surface area (Å²) in [6.45, 7) is -0.545. The fourth-order valence-corrected chi connectivity index (χ4v) is 3.49. The molecule has 3 heterocycles. The van der Waals surface area contributed by atoms with Crippen molar-refractivity contribution < 1.29 is 24.5 Å². The van der Waals surface area contributed by atoms with E-state index in [9.17, 15) is 39.0 Å². The third-order valence-corrected chi connectivity index (χ3v) is 5.34. The first kappa shape index (κ1) is 25.8. The Hall–Kier alpha value is -3.82. The van der Waals surface area contributed by atoms with Crippen LogP contribution < -0.4 is 33.1 Å². The molecule has 0 saturated carbocycles. The minimum atomic E-state index is -0.962. The molecule has 3 atom stereocenters. The Labute approximate surface area is 196 Å². The molecule has 0 spiro atoms. The monoisotopic (exact) mass is 494 g/mol. The SMILES string of the molecule is O=C(CCc1cn([C@H]2C[C@H](O)[C@@H](CO)O2)c(=O)[nH]c1=O)NCCNC(=O)Cn1ccc(=O)[nH]c1=O. The Kier molecular flexibility index (Phi) is 8.51. The predicted molar refractivity (Wildman–Crippen MR) is 119 cm³/mol. The minimum Gasteiger partial charge on any atom is -0.394 e. The molecular formula is C20H26N6O9. The number of ether oxygens (including phenoxy) is 1. The normalized spacial score (nSPS) is 19.4. The topological polar surface area (TPSA) is 218 Å². The van der Waals surface area contributed by atoms with Crippen molar-refractivity contribution in [2.75, 3.05) is 19.7 Å². The molecule has 2 aromatic rings. The van der Waals surface area contributed by atoms with Crippen LogP contribution in [-0.2, 0) is 27.3 Å². The maximum Gasteiger partial charge on any atom is 0.330 e. The van der Waals surface area contributed by atoms with E-state index < -0.39 is 59.4 Å². The number of amides is 2. The van der Waals surface area contributed by atoms with Crippen molar-refractivity contribution in [1.82, 2.24) is 29.7 Å². The number of aryl methyl sites for hydroxylation is 1. The average Bonchev–Trinajstić information content (AvgIpc) is 3.18. The number of aliphatic hydroxyl groups is 2. The smallest absolute Gasteiger partial charge is 0.330 e. The number of aromatic amines is 2.